The zero-order valence-corrected chi connectivity index (χ0v) is 13.2. The molecule has 6 heteroatoms. The Hall–Kier alpha value is -1.78. The normalized spacial score (nSPS) is 10.3. The molecule has 0 fully saturated rings. The summed E-state index contributed by atoms with van der Waals surface area (Å²) in [5.41, 5.74) is 1.17. The fraction of sp³-hybridized carbons (Fsp3) is 0.188. The van der Waals surface area contributed by atoms with Crippen molar-refractivity contribution < 1.29 is 9.18 Å². The SMILES string of the molecule is O=C(CNc1cc(Cl)ccc1Cl)NCCc1ccccc1F. The van der Waals surface area contributed by atoms with Gasteiger partial charge in [0.2, 0.25) is 5.91 Å². The summed E-state index contributed by atoms with van der Waals surface area (Å²) in [4.78, 5) is 11.7. The molecule has 2 aromatic rings. The van der Waals surface area contributed by atoms with E-state index in [1.165, 1.54) is 6.07 Å². The summed E-state index contributed by atoms with van der Waals surface area (Å²) >= 11 is 11.9. The zero-order chi connectivity index (χ0) is 15.9. The van der Waals surface area contributed by atoms with Crippen LogP contribution in [0.2, 0.25) is 10.0 Å². The van der Waals surface area contributed by atoms with Crippen LogP contribution < -0.4 is 10.6 Å². The molecule has 2 aromatic carbocycles. The van der Waals surface area contributed by atoms with Crippen molar-refractivity contribution in [3.8, 4) is 0 Å². The number of nitrogens with one attached hydrogen (secondary N) is 2. The number of hydrogen-bond acceptors (Lipinski definition) is 2. The van der Waals surface area contributed by atoms with Crippen molar-refractivity contribution in [2.75, 3.05) is 18.4 Å². The van der Waals surface area contributed by atoms with Crippen LogP contribution >= 0.6 is 23.2 Å². The smallest absolute Gasteiger partial charge is 0.239 e. The van der Waals surface area contributed by atoms with Gasteiger partial charge < -0.3 is 10.6 Å². The number of amides is 1. The van der Waals surface area contributed by atoms with Crippen LogP contribution in [-0.2, 0) is 11.2 Å². The maximum absolute atomic E-state index is 13.4. The van der Waals surface area contributed by atoms with E-state index in [4.69, 9.17) is 23.2 Å². The minimum absolute atomic E-state index is 0.0668. The van der Waals surface area contributed by atoms with Crippen molar-refractivity contribution in [2.45, 2.75) is 6.42 Å². The third-order valence-electron chi connectivity index (χ3n) is 3.04. The largest absolute Gasteiger partial charge is 0.375 e. The van der Waals surface area contributed by atoms with E-state index in [9.17, 15) is 9.18 Å². The highest BCUT2D eigenvalue weighted by Gasteiger charge is 2.05. The molecule has 0 aliphatic rings. The summed E-state index contributed by atoms with van der Waals surface area (Å²) in [5.74, 6) is -0.465. The number of carbonyl (C=O) groups excluding carboxylic acids is 1. The Labute approximate surface area is 138 Å². The van der Waals surface area contributed by atoms with Gasteiger partial charge in [-0.15, -0.1) is 0 Å². The average molecular weight is 341 g/mol. The standard InChI is InChI=1S/C16H15Cl2FN2O/c17-12-5-6-13(18)15(9-12)21-10-16(22)20-8-7-11-3-1-2-4-14(11)19/h1-6,9,21H,7-8,10H2,(H,20,22). The fourth-order valence-electron chi connectivity index (χ4n) is 1.91. The second kappa shape index (κ2) is 8.01. The predicted octanol–water partition coefficient (Wildman–Crippen LogP) is 3.90. The van der Waals surface area contributed by atoms with Crippen LogP contribution in [-0.4, -0.2) is 19.0 Å². The van der Waals surface area contributed by atoms with Crippen molar-refractivity contribution in [1.29, 1.82) is 0 Å². The van der Waals surface area contributed by atoms with E-state index in [2.05, 4.69) is 10.6 Å². The molecule has 0 aromatic heterocycles. The Morgan fingerprint density at radius 3 is 2.68 bits per heavy atom. The molecule has 0 saturated heterocycles. The summed E-state index contributed by atoms with van der Waals surface area (Å²) in [6.45, 7) is 0.433. The van der Waals surface area contributed by atoms with Crippen molar-refractivity contribution >= 4 is 34.8 Å². The Morgan fingerprint density at radius 2 is 1.91 bits per heavy atom. The van der Waals surface area contributed by atoms with Crippen LogP contribution in [0.5, 0.6) is 0 Å². The molecule has 2 N–H and O–H groups in total. The van der Waals surface area contributed by atoms with E-state index in [-0.39, 0.29) is 18.3 Å². The summed E-state index contributed by atoms with van der Waals surface area (Å²) in [5, 5.41) is 6.65. The predicted molar refractivity (Wildman–Crippen MR) is 88.1 cm³/mol. The number of benzene rings is 2. The monoisotopic (exact) mass is 340 g/mol. The van der Waals surface area contributed by atoms with Crippen LogP contribution in [0.3, 0.4) is 0 Å². The number of halogens is 3. The van der Waals surface area contributed by atoms with Gasteiger partial charge in [0.05, 0.1) is 17.3 Å². The molecule has 2 rings (SSSR count). The molecule has 0 radical (unpaired) electrons. The summed E-state index contributed by atoms with van der Waals surface area (Å²) < 4.78 is 13.4. The maximum atomic E-state index is 13.4. The average Bonchev–Trinajstić information content (AvgIpc) is 2.50. The quantitative estimate of drug-likeness (QED) is 0.837. The zero-order valence-electron chi connectivity index (χ0n) is 11.7. The van der Waals surface area contributed by atoms with E-state index in [0.717, 1.165) is 0 Å². The van der Waals surface area contributed by atoms with Crippen LogP contribution in [0.15, 0.2) is 42.5 Å². The lowest BCUT2D eigenvalue weighted by Gasteiger charge is -2.10. The molecule has 0 spiro atoms. The van der Waals surface area contributed by atoms with Crippen LogP contribution in [0.25, 0.3) is 0 Å². The third-order valence-corrected chi connectivity index (χ3v) is 3.61. The molecule has 0 aliphatic heterocycles. The number of rotatable bonds is 6. The van der Waals surface area contributed by atoms with Crippen LogP contribution in [0.4, 0.5) is 10.1 Å². The van der Waals surface area contributed by atoms with Crippen molar-refractivity contribution in [1.82, 2.24) is 5.32 Å². The van der Waals surface area contributed by atoms with Gasteiger partial charge >= 0.3 is 0 Å². The minimum Gasteiger partial charge on any atom is -0.375 e. The van der Waals surface area contributed by atoms with Gasteiger partial charge in [0.25, 0.3) is 0 Å². The lowest BCUT2D eigenvalue weighted by molar-refractivity contribution is -0.119. The van der Waals surface area contributed by atoms with E-state index >= 15 is 0 Å². The van der Waals surface area contributed by atoms with Gasteiger partial charge in [0, 0.05) is 11.6 Å². The van der Waals surface area contributed by atoms with Gasteiger partial charge in [0.15, 0.2) is 0 Å². The molecule has 0 aliphatic carbocycles. The van der Waals surface area contributed by atoms with E-state index in [1.807, 2.05) is 0 Å². The van der Waals surface area contributed by atoms with E-state index in [0.29, 0.717) is 34.3 Å². The third kappa shape index (κ3) is 4.90. The van der Waals surface area contributed by atoms with Crippen LogP contribution in [0.1, 0.15) is 5.56 Å². The van der Waals surface area contributed by atoms with Gasteiger partial charge in [-0.25, -0.2) is 4.39 Å². The first-order valence-corrected chi connectivity index (χ1v) is 7.51. The summed E-state index contributed by atoms with van der Waals surface area (Å²) in [7, 11) is 0. The summed E-state index contributed by atoms with van der Waals surface area (Å²) in [6, 6.07) is 11.5. The Morgan fingerprint density at radius 1 is 1.14 bits per heavy atom. The first kappa shape index (κ1) is 16.6. The van der Waals surface area contributed by atoms with Crippen molar-refractivity contribution in [2.24, 2.45) is 0 Å². The molecule has 1 amide bonds. The molecule has 116 valence electrons. The molecule has 3 nitrogen and oxygen atoms in total. The van der Waals surface area contributed by atoms with Gasteiger partial charge in [-0.3, -0.25) is 4.79 Å². The van der Waals surface area contributed by atoms with E-state index < -0.39 is 0 Å². The molecule has 22 heavy (non-hydrogen) atoms. The fourth-order valence-corrected chi connectivity index (χ4v) is 2.27. The molecular formula is C16H15Cl2FN2O. The highest BCUT2D eigenvalue weighted by Crippen LogP contribution is 2.24. The number of anilines is 1. The molecular weight excluding hydrogens is 326 g/mol. The highest BCUT2D eigenvalue weighted by molar-refractivity contribution is 6.35. The lowest BCUT2D eigenvalue weighted by atomic mass is 10.1. The Kier molecular flexibility index (Phi) is 6.04. The van der Waals surface area contributed by atoms with E-state index in [1.54, 1.807) is 36.4 Å². The number of hydrogen-bond donors (Lipinski definition) is 2. The summed E-state index contributed by atoms with van der Waals surface area (Å²) in [6.07, 6.45) is 0.441. The minimum atomic E-state index is -0.263. The van der Waals surface area contributed by atoms with Crippen LogP contribution in [0, 0.1) is 5.82 Å². The Balaban J connectivity index is 1.76. The lowest BCUT2D eigenvalue weighted by Crippen LogP contribution is -2.31. The molecule has 0 atom stereocenters. The first-order chi connectivity index (χ1) is 10.6. The van der Waals surface area contributed by atoms with Gasteiger partial charge in [-0.1, -0.05) is 41.4 Å². The van der Waals surface area contributed by atoms with Gasteiger partial charge in [0.1, 0.15) is 5.82 Å². The highest BCUT2D eigenvalue weighted by atomic mass is 35.5. The second-order valence-electron chi connectivity index (χ2n) is 4.67. The van der Waals surface area contributed by atoms with Crippen molar-refractivity contribution in [3.63, 3.8) is 0 Å². The maximum Gasteiger partial charge on any atom is 0.239 e. The Bertz CT molecular complexity index is 664. The first-order valence-electron chi connectivity index (χ1n) is 6.75. The number of carbonyl (C=O) groups is 1. The molecule has 0 unspecified atom stereocenters. The van der Waals surface area contributed by atoms with Gasteiger partial charge in [-0.2, -0.15) is 0 Å². The second-order valence-corrected chi connectivity index (χ2v) is 5.51. The van der Waals surface area contributed by atoms with Crippen molar-refractivity contribution in [3.05, 3.63) is 63.9 Å². The van der Waals surface area contributed by atoms with Gasteiger partial charge in [-0.05, 0) is 36.2 Å². The molecule has 0 bridgehead atoms. The topological polar surface area (TPSA) is 41.1 Å². The molecule has 0 saturated carbocycles. The molecule has 0 heterocycles.